The Hall–Kier alpha value is -1.46. The minimum absolute atomic E-state index is 0.0191. The SMILES string of the molecule is CC(C)(C)[Si](C)(C)OC[C@@H](c1ccccc1)N1CCCC[C@H]1[C@H](N)c1ccccc1. The summed E-state index contributed by atoms with van der Waals surface area (Å²) in [5.74, 6) is 0. The largest absolute Gasteiger partial charge is 0.415 e. The van der Waals surface area contributed by atoms with Gasteiger partial charge < -0.3 is 10.2 Å². The number of nitrogens with two attached hydrogens (primary N) is 1. The van der Waals surface area contributed by atoms with Crippen molar-refractivity contribution >= 4 is 8.32 Å². The van der Waals surface area contributed by atoms with Crippen molar-refractivity contribution in [1.82, 2.24) is 4.90 Å². The first kappa shape index (κ1) is 23.2. The Balaban J connectivity index is 1.89. The lowest BCUT2D eigenvalue weighted by Crippen LogP contribution is -2.50. The minimum atomic E-state index is -1.84. The second kappa shape index (κ2) is 9.78. The van der Waals surface area contributed by atoms with Crippen LogP contribution < -0.4 is 5.73 Å². The highest BCUT2D eigenvalue weighted by Crippen LogP contribution is 2.39. The molecule has 1 heterocycles. The molecule has 3 rings (SSSR count). The van der Waals surface area contributed by atoms with Crippen LogP contribution in [0.5, 0.6) is 0 Å². The summed E-state index contributed by atoms with van der Waals surface area (Å²) in [5.41, 5.74) is 9.42. The number of piperidine rings is 1. The molecule has 0 saturated carbocycles. The van der Waals surface area contributed by atoms with E-state index in [1.807, 2.05) is 0 Å². The number of nitrogens with zero attached hydrogens (tertiary/aromatic N) is 1. The molecule has 1 saturated heterocycles. The molecule has 0 spiro atoms. The fourth-order valence-corrected chi connectivity index (χ4v) is 5.22. The first-order valence-electron chi connectivity index (χ1n) is 11.5. The van der Waals surface area contributed by atoms with E-state index in [1.54, 1.807) is 0 Å². The molecule has 2 aromatic rings. The van der Waals surface area contributed by atoms with Crippen molar-refractivity contribution in [3.8, 4) is 0 Å². The predicted molar refractivity (Wildman–Crippen MR) is 130 cm³/mol. The summed E-state index contributed by atoms with van der Waals surface area (Å²) in [4.78, 5) is 2.64. The lowest BCUT2D eigenvalue weighted by molar-refractivity contribution is 0.0469. The summed E-state index contributed by atoms with van der Waals surface area (Å²) in [6.45, 7) is 13.4. The Bertz CT molecular complexity index is 773. The smallest absolute Gasteiger partial charge is 0.192 e. The third kappa shape index (κ3) is 5.41. The van der Waals surface area contributed by atoms with Gasteiger partial charge in [-0.2, -0.15) is 0 Å². The van der Waals surface area contributed by atoms with Gasteiger partial charge in [0.15, 0.2) is 8.32 Å². The number of likely N-dealkylation sites (tertiary alicyclic amines) is 1. The second-order valence-corrected chi connectivity index (χ2v) is 15.0. The van der Waals surface area contributed by atoms with E-state index in [4.69, 9.17) is 10.2 Å². The van der Waals surface area contributed by atoms with Gasteiger partial charge in [0.2, 0.25) is 0 Å². The van der Waals surface area contributed by atoms with E-state index in [0.29, 0.717) is 6.04 Å². The number of rotatable bonds is 7. The molecule has 2 aromatic carbocycles. The summed E-state index contributed by atoms with van der Waals surface area (Å²) in [6.07, 6.45) is 3.60. The number of hydrogen-bond donors (Lipinski definition) is 1. The van der Waals surface area contributed by atoms with Gasteiger partial charge in [0.05, 0.1) is 12.6 Å². The highest BCUT2D eigenvalue weighted by atomic mass is 28.4. The molecule has 1 fully saturated rings. The van der Waals surface area contributed by atoms with Crippen LogP contribution in [-0.4, -0.2) is 32.4 Å². The van der Waals surface area contributed by atoms with E-state index >= 15 is 0 Å². The average Bonchev–Trinajstić information content (AvgIpc) is 2.74. The zero-order chi connectivity index (χ0) is 21.8. The first-order valence-corrected chi connectivity index (χ1v) is 14.4. The first-order chi connectivity index (χ1) is 14.2. The van der Waals surface area contributed by atoms with E-state index in [0.717, 1.165) is 19.6 Å². The Kier molecular flexibility index (Phi) is 7.56. The predicted octanol–water partition coefficient (Wildman–Crippen LogP) is 6.30. The Labute approximate surface area is 184 Å². The van der Waals surface area contributed by atoms with Crippen molar-refractivity contribution in [3.63, 3.8) is 0 Å². The van der Waals surface area contributed by atoms with Crippen LogP contribution in [0.1, 0.15) is 63.2 Å². The van der Waals surface area contributed by atoms with Gasteiger partial charge in [0.25, 0.3) is 0 Å². The van der Waals surface area contributed by atoms with Crippen LogP contribution in [0, 0.1) is 0 Å². The Morgan fingerprint density at radius 1 is 0.967 bits per heavy atom. The molecule has 3 atom stereocenters. The molecular formula is C26H40N2OSi. The van der Waals surface area contributed by atoms with Gasteiger partial charge in [-0.3, -0.25) is 4.90 Å². The van der Waals surface area contributed by atoms with Gasteiger partial charge in [-0.05, 0) is 48.6 Å². The lowest BCUT2D eigenvalue weighted by atomic mass is 9.89. The van der Waals surface area contributed by atoms with Crippen molar-refractivity contribution < 1.29 is 4.43 Å². The molecule has 0 aromatic heterocycles. The standard InChI is InChI=1S/C26H40N2OSi/c1-26(2,3)30(4,5)29-20-24(21-14-8-6-9-15-21)28-19-13-12-18-23(28)25(27)22-16-10-7-11-17-22/h6-11,14-17,23-25H,12-13,18-20,27H2,1-5H3/t23-,24-,25+/m0/s1. The van der Waals surface area contributed by atoms with Gasteiger partial charge in [-0.1, -0.05) is 87.9 Å². The monoisotopic (exact) mass is 424 g/mol. The summed E-state index contributed by atoms with van der Waals surface area (Å²) in [5, 5.41) is 0.204. The van der Waals surface area contributed by atoms with Crippen LogP contribution >= 0.6 is 0 Å². The molecule has 3 nitrogen and oxygen atoms in total. The highest BCUT2D eigenvalue weighted by molar-refractivity contribution is 6.74. The summed E-state index contributed by atoms with van der Waals surface area (Å²) < 4.78 is 6.75. The van der Waals surface area contributed by atoms with E-state index in [-0.39, 0.29) is 17.1 Å². The molecule has 4 heteroatoms. The van der Waals surface area contributed by atoms with Crippen LogP contribution in [0.15, 0.2) is 60.7 Å². The Morgan fingerprint density at radius 2 is 1.53 bits per heavy atom. The van der Waals surface area contributed by atoms with Crippen LogP contribution in [-0.2, 0) is 4.43 Å². The quantitative estimate of drug-likeness (QED) is 0.530. The zero-order valence-corrected chi connectivity index (χ0v) is 20.5. The molecule has 0 radical (unpaired) electrons. The maximum Gasteiger partial charge on any atom is 0.192 e. The molecule has 1 aliphatic heterocycles. The van der Waals surface area contributed by atoms with E-state index < -0.39 is 8.32 Å². The van der Waals surface area contributed by atoms with Crippen molar-refractivity contribution in [3.05, 3.63) is 71.8 Å². The van der Waals surface area contributed by atoms with Crippen molar-refractivity contribution in [2.75, 3.05) is 13.2 Å². The molecule has 0 bridgehead atoms. The van der Waals surface area contributed by atoms with Crippen molar-refractivity contribution in [2.24, 2.45) is 5.73 Å². The summed E-state index contributed by atoms with van der Waals surface area (Å²) in [7, 11) is -1.84. The molecule has 2 N–H and O–H groups in total. The molecule has 0 aliphatic carbocycles. The maximum atomic E-state index is 6.85. The van der Waals surface area contributed by atoms with Gasteiger partial charge in [0, 0.05) is 12.1 Å². The fourth-order valence-electron chi connectivity index (χ4n) is 4.21. The molecule has 164 valence electrons. The van der Waals surface area contributed by atoms with Gasteiger partial charge in [-0.15, -0.1) is 0 Å². The normalized spacial score (nSPS) is 20.7. The van der Waals surface area contributed by atoms with Gasteiger partial charge in [0.1, 0.15) is 0 Å². The average molecular weight is 425 g/mol. The minimum Gasteiger partial charge on any atom is -0.415 e. The fraction of sp³-hybridized carbons (Fsp3) is 0.538. The molecule has 0 unspecified atom stereocenters. The molecule has 0 amide bonds. The van der Waals surface area contributed by atoms with E-state index in [9.17, 15) is 0 Å². The van der Waals surface area contributed by atoms with Crippen LogP contribution in [0.3, 0.4) is 0 Å². The van der Waals surface area contributed by atoms with Crippen LogP contribution in [0.2, 0.25) is 18.1 Å². The Morgan fingerprint density at radius 3 is 2.10 bits per heavy atom. The number of hydrogen-bond acceptors (Lipinski definition) is 3. The third-order valence-electron chi connectivity index (χ3n) is 7.18. The van der Waals surface area contributed by atoms with Crippen molar-refractivity contribution in [2.45, 2.75) is 76.3 Å². The summed E-state index contributed by atoms with van der Waals surface area (Å²) >= 11 is 0. The van der Waals surface area contributed by atoms with Gasteiger partial charge in [-0.25, -0.2) is 0 Å². The summed E-state index contributed by atoms with van der Waals surface area (Å²) in [6, 6.07) is 22.1. The van der Waals surface area contributed by atoms with E-state index in [2.05, 4.69) is 99.4 Å². The number of benzene rings is 2. The molecule has 30 heavy (non-hydrogen) atoms. The third-order valence-corrected chi connectivity index (χ3v) is 11.7. The van der Waals surface area contributed by atoms with Crippen molar-refractivity contribution in [1.29, 1.82) is 0 Å². The van der Waals surface area contributed by atoms with E-state index in [1.165, 1.54) is 24.0 Å². The highest BCUT2D eigenvalue weighted by Gasteiger charge is 2.40. The maximum absolute atomic E-state index is 6.85. The second-order valence-electron chi connectivity index (χ2n) is 10.2. The topological polar surface area (TPSA) is 38.5 Å². The molecular weight excluding hydrogens is 384 g/mol. The van der Waals surface area contributed by atoms with Crippen LogP contribution in [0.4, 0.5) is 0 Å². The molecule has 1 aliphatic rings. The van der Waals surface area contributed by atoms with Gasteiger partial charge >= 0.3 is 0 Å². The lowest BCUT2D eigenvalue weighted by Gasteiger charge is -2.45. The zero-order valence-electron chi connectivity index (χ0n) is 19.5. The van der Waals surface area contributed by atoms with Crippen LogP contribution in [0.25, 0.3) is 0 Å².